The van der Waals surface area contributed by atoms with Crippen LogP contribution in [0.15, 0.2) is 6.07 Å². The summed E-state index contributed by atoms with van der Waals surface area (Å²) in [5.74, 6) is -0.737. The van der Waals surface area contributed by atoms with Crippen LogP contribution in [0.4, 0.5) is 13.2 Å². The van der Waals surface area contributed by atoms with Crippen molar-refractivity contribution < 1.29 is 32.2 Å². The fourth-order valence-corrected chi connectivity index (χ4v) is 2.84. The number of hydrogen-bond donors (Lipinski definition) is 1. The molecule has 0 saturated heterocycles. The highest BCUT2D eigenvalue weighted by molar-refractivity contribution is 5.81. The Kier molecular flexibility index (Phi) is 5.58. The number of rotatable bonds is 5. The Balaban J connectivity index is 2.28. The maximum absolute atomic E-state index is 12.4. The molecule has 1 amide bonds. The van der Waals surface area contributed by atoms with E-state index in [0.717, 1.165) is 11.1 Å². The van der Waals surface area contributed by atoms with E-state index in [4.69, 9.17) is 14.2 Å². The molecule has 0 bridgehead atoms. The topological polar surface area (TPSA) is 56.8 Å². The van der Waals surface area contributed by atoms with Crippen LogP contribution in [0.25, 0.3) is 0 Å². The lowest BCUT2D eigenvalue weighted by molar-refractivity contribution is -0.174. The molecular weight excluding hydrogens is 327 g/mol. The third-order valence-corrected chi connectivity index (χ3v) is 3.86. The zero-order chi connectivity index (χ0) is 17.9. The summed E-state index contributed by atoms with van der Waals surface area (Å²) in [6.07, 6.45) is -4.05. The first-order valence-electron chi connectivity index (χ1n) is 7.49. The Morgan fingerprint density at radius 1 is 1.33 bits per heavy atom. The van der Waals surface area contributed by atoms with E-state index in [-0.39, 0.29) is 6.42 Å². The third kappa shape index (κ3) is 3.92. The monoisotopic (exact) mass is 347 g/mol. The lowest BCUT2D eigenvalue weighted by Gasteiger charge is -2.25. The number of hydrogen-bond acceptors (Lipinski definition) is 4. The molecule has 0 aliphatic carbocycles. The summed E-state index contributed by atoms with van der Waals surface area (Å²) in [6, 6.07) is 1.03. The van der Waals surface area contributed by atoms with Crippen LogP contribution in [0.5, 0.6) is 11.5 Å². The van der Waals surface area contributed by atoms with Gasteiger partial charge in [-0.1, -0.05) is 0 Å². The van der Waals surface area contributed by atoms with Crippen LogP contribution in [-0.2, 0) is 29.0 Å². The molecular formula is C16H20F3NO4. The van der Waals surface area contributed by atoms with Crippen molar-refractivity contribution >= 4 is 5.91 Å². The van der Waals surface area contributed by atoms with Gasteiger partial charge in [0, 0.05) is 22.7 Å². The maximum atomic E-state index is 12.4. The number of fused-ring (bicyclic) bond motifs is 1. The van der Waals surface area contributed by atoms with E-state index in [1.807, 2.05) is 5.32 Å². The Morgan fingerprint density at radius 3 is 2.62 bits per heavy atom. The van der Waals surface area contributed by atoms with Crippen molar-refractivity contribution in [1.82, 2.24) is 5.32 Å². The van der Waals surface area contributed by atoms with Gasteiger partial charge in [0.1, 0.15) is 11.5 Å². The van der Waals surface area contributed by atoms with Crippen LogP contribution >= 0.6 is 0 Å². The Labute approximate surface area is 138 Å². The molecule has 1 aromatic rings. The van der Waals surface area contributed by atoms with E-state index >= 15 is 0 Å². The van der Waals surface area contributed by atoms with Crippen LogP contribution in [0.2, 0.25) is 0 Å². The van der Waals surface area contributed by atoms with Crippen molar-refractivity contribution in [3.63, 3.8) is 0 Å². The van der Waals surface area contributed by atoms with Gasteiger partial charge in [-0.05, 0) is 25.8 Å². The normalized spacial score (nSPS) is 15.4. The smallest absolute Gasteiger partial charge is 0.471 e. The van der Waals surface area contributed by atoms with Gasteiger partial charge in [0.05, 0.1) is 27.4 Å². The van der Waals surface area contributed by atoms with Crippen LogP contribution in [0.3, 0.4) is 0 Å². The first kappa shape index (κ1) is 18.4. The predicted octanol–water partition coefficient (Wildman–Crippen LogP) is 2.39. The highest BCUT2D eigenvalue weighted by atomic mass is 19.4. The second-order valence-corrected chi connectivity index (χ2v) is 5.61. The van der Waals surface area contributed by atoms with Crippen LogP contribution in [0.1, 0.15) is 23.6 Å². The minimum absolute atomic E-state index is 0.175. The average molecular weight is 347 g/mol. The third-order valence-electron chi connectivity index (χ3n) is 3.86. The number of alkyl halides is 3. The molecule has 0 fully saturated rings. The number of nitrogens with one attached hydrogen (secondary N) is 1. The number of carbonyl (C=O) groups is 1. The molecule has 0 saturated carbocycles. The van der Waals surface area contributed by atoms with E-state index in [1.54, 1.807) is 6.07 Å². The molecule has 1 aliphatic rings. The number of carbonyl (C=O) groups excluding carboxylic acids is 1. The minimum Gasteiger partial charge on any atom is -0.496 e. The quantitative estimate of drug-likeness (QED) is 0.889. The van der Waals surface area contributed by atoms with E-state index in [2.05, 4.69) is 0 Å². The molecule has 134 valence electrons. The van der Waals surface area contributed by atoms with Crippen LogP contribution in [-0.4, -0.2) is 39.0 Å². The molecule has 1 N–H and O–H groups in total. The Morgan fingerprint density at radius 2 is 2.04 bits per heavy atom. The van der Waals surface area contributed by atoms with Crippen molar-refractivity contribution in [3.8, 4) is 11.5 Å². The van der Waals surface area contributed by atoms with Gasteiger partial charge >= 0.3 is 12.1 Å². The van der Waals surface area contributed by atoms with Gasteiger partial charge in [0.25, 0.3) is 0 Å². The highest BCUT2D eigenvalue weighted by Crippen LogP contribution is 2.38. The molecule has 1 aromatic carbocycles. The van der Waals surface area contributed by atoms with Crippen LogP contribution < -0.4 is 14.8 Å². The summed E-state index contributed by atoms with van der Waals surface area (Å²) >= 11 is 0. The van der Waals surface area contributed by atoms with Gasteiger partial charge < -0.3 is 19.5 Å². The highest BCUT2D eigenvalue weighted by Gasteiger charge is 2.39. The lowest BCUT2D eigenvalue weighted by atomic mass is 9.94. The number of benzene rings is 1. The second-order valence-electron chi connectivity index (χ2n) is 5.61. The van der Waals surface area contributed by atoms with E-state index in [0.29, 0.717) is 36.7 Å². The molecule has 24 heavy (non-hydrogen) atoms. The Hall–Kier alpha value is -1.96. The summed E-state index contributed by atoms with van der Waals surface area (Å²) in [6.45, 7) is 2.43. The first-order chi connectivity index (χ1) is 11.3. The molecule has 8 heteroatoms. The van der Waals surface area contributed by atoms with Gasteiger partial charge in [0.2, 0.25) is 0 Å². The molecule has 1 atom stereocenters. The van der Waals surface area contributed by atoms with E-state index in [1.165, 1.54) is 21.1 Å². The molecule has 0 aromatic heterocycles. The van der Waals surface area contributed by atoms with Crippen molar-refractivity contribution in [1.29, 1.82) is 0 Å². The molecule has 0 radical (unpaired) electrons. The van der Waals surface area contributed by atoms with Crippen molar-refractivity contribution in [2.45, 2.75) is 38.6 Å². The van der Waals surface area contributed by atoms with E-state index < -0.39 is 18.1 Å². The molecule has 1 aliphatic heterocycles. The molecule has 2 rings (SSSR count). The standard InChI is InChI=1S/C16H20F3NO4/c1-9(20-15(21)16(17,18)19)6-10-7-13(22-2)11-4-5-24-8-12(11)14(10)23-3/h7,9H,4-6,8H2,1-3H3,(H,20,21). The first-order valence-corrected chi connectivity index (χ1v) is 7.49. The van der Waals surface area contributed by atoms with Gasteiger partial charge in [0.15, 0.2) is 0 Å². The minimum atomic E-state index is -4.90. The zero-order valence-corrected chi connectivity index (χ0v) is 13.8. The van der Waals surface area contributed by atoms with Crippen molar-refractivity contribution in [2.24, 2.45) is 0 Å². The summed E-state index contributed by atoms with van der Waals surface area (Å²) in [4.78, 5) is 11.1. The largest absolute Gasteiger partial charge is 0.496 e. The van der Waals surface area contributed by atoms with Crippen molar-refractivity contribution in [3.05, 3.63) is 22.8 Å². The Bertz CT molecular complexity index is 616. The summed E-state index contributed by atoms with van der Waals surface area (Å²) in [5, 5.41) is 1.95. The zero-order valence-electron chi connectivity index (χ0n) is 13.8. The molecule has 5 nitrogen and oxygen atoms in total. The number of methoxy groups -OCH3 is 2. The molecule has 0 spiro atoms. The van der Waals surface area contributed by atoms with Crippen molar-refractivity contribution in [2.75, 3.05) is 20.8 Å². The SMILES string of the molecule is COc1cc(CC(C)NC(=O)C(F)(F)F)c(OC)c2c1CCOC2. The fourth-order valence-electron chi connectivity index (χ4n) is 2.84. The summed E-state index contributed by atoms with van der Waals surface area (Å²) in [7, 11) is 3.04. The average Bonchev–Trinajstić information content (AvgIpc) is 2.53. The van der Waals surface area contributed by atoms with E-state index in [9.17, 15) is 18.0 Å². The predicted molar refractivity (Wildman–Crippen MR) is 80.3 cm³/mol. The lowest BCUT2D eigenvalue weighted by Crippen LogP contribution is -2.42. The van der Waals surface area contributed by atoms with Gasteiger partial charge in [-0.2, -0.15) is 13.2 Å². The number of amides is 1. The van der Waals surface area contributed by atoms with Gasteiger partial charge in [-0.3, -0.25) is 4.79 Å². The summed E-state index contributed by atoms with van der Waals surface area (Å²) < 4.78 is 53.4. The molecule has 1 heterocycles. The van der Waals surface area contributed by atoms with Crippen LogP contribution in [0, 0.1) is 0 Å². The maximum Gasteiger partial charge on any atom is 0.471 e. The number of ether oxygens (including phenoxy) is 3. The fraction of sp³-hybridized carbons (Fsp3) is 0.562. The molecule has 1 unspecified atom stereocenters. The summed E-state index contributed by atoms with van der Waals surface area (Å²) in [5.41, 5.74) is 2.48. The number of halogens is 3. The van der Waals surface area contributed by atoms with Gasteiger partial charge in [-0.15, -0.1) is 0 Å². The second kappa shape index (κ2) is 7.29. The van der Waals surface area contributed by atoms with Gasteiger partial charge in [-0.25, -0.2) is 0 Å².